The summed E-state index contributed by atoms with van der Waals surface area (Å²) >= 11 is 0. The van der Waals surface area contributed by atoms with E-state index >= 15 is 0 Å². The summed E-state index contributed by atoms with van der Waals surface area (Å²) in [7, 11) is 1.97. The molecule has 1 aliphatic heterocycles. The quantitative estimate of drug-likeness (QED) is 0.664. The van der Waals surface area contributed by atoms with Gasteiger partial charge >= 0.3 is 0 Å². The van der Waals surface area contributed by atoms with E-state index in [0.29, 0.717) is 11.8 Å². The second-order valence-corrected chi connectivity index (χ2v) is 8.34. The lowest BCUT2D eigenvalue weighted by Gasteiger charge is -2.36. The number of hydrogen-bond acceptors (Lipinski definition) is 3. The average molecular weight is 389 g/mol. The summed E-state index contributed by atoms with van der Waals surface area (Å²) in [5.74, 6) is 1.56. The Morgan fingerprint density at radius 3 is 2.41 bits per heavy atom. The largest absolute Gasteiger partial charge is 0.490 e. The van der Waals surface area contributed by atoms with Gasteiger partial charge in [0.25, 0.3) is 0 Å². The van der Waals surface area contributed by atoms with Gasteiger partial charge in [0.05, 0.1) is 11.7 Å². The molecule has 2 fully saturated rings. The fraction of sp³-hybridized carbons (Fsp3) is 0.417. The maximum atomic E-state index is 12.4. The maximum absolute atomic E-state index is 12.4. The molecule has 5 rings (SSSR count). The fourth-order valence-electron chi connectivity index (χ4n) is 4.35. The number of piperidine rings is 1. The predicted octanol–water partition coefficient (Wildman–Crippen LogP) is 4.41. The molecule has 29 heavy (non-hydrogen) atoms. The molecule has 0 bridgehead atoms. The topological polar surface area (TPSA) is 47.4 Å². The molecule has 2 heterocycles. The first kappa shape index (κ1) is 18.2. The van der Waals surface area contributed by atoms with Crippen LogP contribution in [0, 0.1) is 5.92 Å². The number of benzene rings is 2. The van der Waals surface area contributed by atoms with E-state index in [4.69, 9.17) is 4.74 Å². The molecule has 0 N–H and O–H groups in total. The molecular weight excluding hydrogens is 362 g/mol. The number of rotatable bonds is 4. The Kier molecular flexibility index (Phi) is 4.74. The van der Waals surface area contributed by atoms with Crippen molar-refractivity contribution in [3.8, 4) is 16.9 Å². The highest BCUT2D eigenvalue weighted by molar-refractivity contribution is 5.84. The smallest absolute Gasteiger partial charge is 0.225 e. The molecule has 0 atom stereocenters. The van der Waals surface area contributed by atoms with Crippen molar-refractivity contribution in [3.63, 3.8) is 0 Å². The van der Waals surface area contributed by atoms with Gasteiger partial charge in [0.1, 0.15) is 11.9 Å². The minimum Gasteiger partial charge on any atom is -0.490 e. The van der Waals surface area contributed by atoms with Crippen LogP contribution in [0.15, 0.2) is 48.7 Å². The van der Waals surface area contributed by atoms with Crippen LogP contribution in [0.2, 0.25) is 0 Å². The highest BCUT2D eigenvalue weighted by Crippen LogP contribution is 2.30. The normalized spacial score (nSPS) is 18.0. The first-order valence-corrected chi connectivity index (χ1v) is 10.6. The summed E-state index contributed by atoms with van der Waals surface area (Å²) in [5.41, 5.74) is 3.47. The second-order valence-electron chi connectivity index (χ2n) is 8.34. The Morgan fingerprint density at radius 2 is 1.72 bits per heavy atom. The molecule has 5 nitrogen and oxygen atoms in total. The fourth-order valence-corrected chi connectivity index (χ4v) is 4.35. The molecule has 5 heteroatoms. The number of hydrogen-bond donors (Lipinski definition) is 0. The van der Waals surface area contributed by atoms with Crippen molar-refractivity contribution < 1.29 is 9.53 Å². The van der Waals surface area contributed by atoms with Crippen molar-refractivity contribution >= 4 is 16.8 Å². The third-order valence-electron chi connectivity index (χ3n) is 6.45. The monoisotopic (exact) mass is 389 g/mol. The van der Waals surface area contributed by atoms with Crippen LogP contribution in [-0.4, -0.2) is 39.8 Å². The summed E-state index contributed by atoms with van der Waals surface area (Å²) in [6.45, 7) is 1.64. The van der Waals surface area contributed by atoms with Gasteiger partial charge in [-0.2, -0.15) is 5.10 Å². The van der Waals surface area contributed by atoms with Crippen LogP contribution in [0.5, 0.6) is 5.75 Å². The van der Waals surface area contributed by atoms with E-state index in [1.165, 1.54) is 17.5 Å². The minimum absolute atomic E-state index is 0.192. The zero-order chi connectivity index (χ0) is 19.8. The number of aryl methyl sites for hydroxylation is 1. The maximum Gasteiger partial charge on any atom is 0.225 e. The van der Waals surface area contributed by atoms with E-state index in [1.807, 2.05) is 22.8 Å². The molecule has 0 unspecified atom stereocenters. The molecule has 1 aliphatic carbocycles. The molecule has 1 aromatic heterocycles. The highest BCUT2D eigenvalue weighted by Gasteiger charge is 2.32. The van der Waals surface area contributed by atoms with Crippen LogP contribution in [0.3, 0.4) is 0 Å². The van der Waals surface area contributed by atoms with Crippen LogP contribution in [0.4, 0.5) is 0 Å². The van der Waals surface area contributed by atoms with Gasteiger partial charge in [-0.25, -0.2) is 0 Å². The number of fused-ring (bicyclic) bond motifs is 1. The van der Waals surface area contributed by atoms with Crippen molar-refractivity contribution in [1.29, 1.82) is 0 Å². The summed E-state index contributed by atoms with van der Waals surface area (Å²) in [4.78, 5) is 14.4. The molecule has 0 radical (unpaired) electrons. The van der Waals surface area contributed by atoms with Crippen molar-refractivity contribution in [2.75, 3.05) is 13.1 Å². The van der Waals surface area contributed by atoms with Gasteiger partial charge in [-0.3, -0.25) is 9.48 Å². The number of nitrogens with zero attached hydrogens (tertiary/aromatic N) is 3. The van der Waals surface area contributed by atoms with Crippen molar-refractivity contribution in [2.45, 2.75) is 38.2 Å². The van der Waals surface area contributed by atoms with Crippen LogP contribution in [-0.2, 0) is 11.8 Å². The highest BCUT2D eigenvalue weighted by atomic mass is 16.5. The first-order chi connectivity index (χ1) is 14.2. The molecule has 1 saturated heterocycles. The minimum atomic E-state index is 0.192. The molecule has 0 spiro atoms. The third-order valence-corrected chi connectivity index (χ3v) is 6.45. The first-order valence-electron chi connectivity index (χ1n) is 10.6. The summed E-state index contributed by atoms with van der Waals surface area (Å²) in [6, 6.07) is 14.7. The van der Waals surface area contributed by atoms with E-state index in [9.17, 15) is 4.79 Å². The molecule has 1 saturated carbocycles. The Morgan fingerprint density at radius 1 is 1.00 bits per heavy atom. The summed E-state index contributed by atoms with van der Waals surface area (Å²) in [5, 5.41) is 5.47. The van der Waals surface area contributed by atoms with Crippen molar-refractivity contribution in [1.82, 2.24) is 14.7 Å². The number of ether oxygens (including phenoxy) is 1. The number of carbonyl (C=O) groups excluding carboxylic acids is 1. The summed E-state index contributed by atoms with van der Waals surface area (Å²) < 4.78 is 8.10. The molecule has 3 aromatic rings. The average Bonchev–Trinajstić information content (AvgIpc) is 3.08. The lowest BCUT2D eigenvalue weighted by atomic mass is 9.84. The van der Waals surface area contributed by atoms with Crippen LogP contribution < -0.4 is 4.74 Å². The van der Waals surface area contributed by atoms with E-state index in [2.05, 4.69) is 47.6 Å². The molecule has 2 aliphatic rings. The van der Waals surface area contributed by atoms with E-state index in [0.717, 1.165) is 55.4 Å². The van der Waals surface area contributed by atoms with Gasteiger partial charge in [0.15, 0.2) is 0 Å². The number of carbonyl (C=O) groups is 1. The molecule has 150 valence electrons. The second kappa shape index (κ2) is 7.54. The van der Waals surface area contributed by atoms with Crippen LogP contribution in [0.25, 0.3) is 22.0 Å². The van der Waals surface area contributed by atoms with Gasteiger partial charge < -0.3 is 9.64 Å². The molecule has 1 amide bonds. The predicted molar refractivity (Wildman–Crippen MR) is 114 cm³/mol. The number of amides is 1. The van der Waals surface area contributed by atoms with Crippen LogP contribution >= 0.6 is 0 Å². The Hall–Kier alpha value is -2.82. The lowest BCUT2D eigenvalue weighted by Crippen LogP contribution is -2.45. The number of likely N-dealkylation sites (tertiary alicyclic amines) is 1. The van der Waals surface area contributed by atoms with Gasteiger partial charge in [-0.15, -0.1) is 0 Å². The van der Waals surface area contributed by atoms with E-state index in [1.54, 1.807) is 0 Å². The van der Waals surface area contributed by atoms with E-state index < -0.39 is 0 Å². The lowest BCUT2D eigenvalue weighted by molar-refractivity contribution is -0.140. The Bertz CT molecular complexity index is 1010. The summed E-state index contributed by atoms with van der Waals surface area (Å²) in [6.07, 6.45) is 7.28. The van der Waals surface area contributed by atoms with Crippen molar-refractivity contribution in [3.05, 3.63) is 48.7 Å². The zero-order valence-corrected chi connectivity index (χ0v) is 16.9. The standard InChI is InChI=1S/C24H27N3O2/c1-26-23-15-19(5-6-20(23)16-25-26)17-7-9-21(10-8-17)29-22-11-13-27(14-12-22)24(28)18-3-2-4-18/h5-10,15-16,18,22H,2-4,11-14H2,1H3. The SMILES string of the molecule is Cn1ncc2ccc(-c3ccc(OC4CCN(C(=O)C5CCC5)CC4)cc3)cc21. The van der Waals surface area contributed by atoms with Crippen LogP contribution in [0.1, 0.15) is 32.1 Å². The Balaban J connectivity index is 1.20. The van der Waals surface area contributed by atoms with Gasteiger partial charge in [-0.1, -0.05) is 30.7 Å². The van der Waals surface area contributed by atoms with Crippen molar-refractivity contribution in [2.24, 2.45) is 13.0 Å². The Labute approximate surface area is 171 Å². The van der Waals surface area contributed by atoms with Gasteiger partial charge in [-0.05, 0) is 42.2 Å². The zero-order valence-electron chi connectivity index (χ0n) is 16.9. The third kappa shape index (κ3) is 3.61. The number of aromatic nitrogens is 2. The molecule has 2 aromatic carbocycles. The van der Waals surface area contributed by atoms with Gasteiger partial charge in [0.2, 0.25) is 5.91 Å². The van der Waals surface area contributed by atoms with Gasteiger partial charge in [0, 0.05) is 44.3 Å². The van der Waals surface area contributed by atoms with E-state index in [-0.39, 0.29) is 6.10 Å². The molecular formula is C24H27N3O2.